The summed E-state index contributed by atoms with van der Waals surface area (Å²) < 4.78 is 33.9. The van der Waals surface area contributed by atoms with Crippen molar-refractivity contribution < 1.29 is 22.7 Å². The van der Waals surface area contributed by atoms with Crippen LogP contribution in [0.5, 0.6) is 5.75 Å². The molecule has 35 heavy (non-hydrogen) atoms. The number of rotatable bonds is 8. The van der Waals surface area contributed by atoms with Gasteiger partial charge in [0.1, 0.15) is 5.75 Å². The van der Waals surface area contributed by atoms with Crippen molar-refractivity contribution in [3.05, 3.63) is 90.0 Å². The highest BCUT2D eigenvalue weighted by Crippen LogP contribution is 2.36. The van der Waals surface area contributed by atoms with Crippen molar-refractivity contribution in [3.8, 4) is 5.75 Å². The zero-order valence-electron chi connectivity index (χ0n) is 19.3. The van der Waals surface area contributed by atoms with Gasteiger partial charge in [0.05, 0.1) is 29.2 Å². The summed E-state index contributed by atoms with van der Waals surface area (Å²) in [6, 6.07) is 22.3. The van der Waals surface area contributed by atoms with Crippen LogP contribution >= 0.6 is 0 Å². The third-order valence-electron chi connectivity index (χ3n) is 5.52. The number of fused-ring (bicyclic) bond motifs is 1. The van der Waals surface area contributed by atoms with Gasteiger partial charge in [-0.05, 0) is 36.2 Å². The van der Waals surface area contributed by atoms with Gasteiger partial charge in [0.25, 0.3) is 11.8 Å². The minimum absolute atomic E-state index is 0.192. The van der Waals surface area contributed by atoms with Crippen LogP contribution in [0.4, 0.5) is 11.4 Å². The van der Waals surface area contributed by atoms with Gasteiger partial charge in [-0.25, -0.2) is 8.42 Å². The molecule has 2 amide bonds. The van der Waals surface area contributed by atoms with E-state index in [-0.39, 0.29) is 18.2 Å². The molecule has 0 bridgehead atoms. The largest absolute Gasteiger partial charge is 0.476 e. The Morgan fingerprint density at radius 1 is 0.971 bits per heavy atom. The van der Waals surface area contributed by atoms with Crippen molar-refractivity contribution >= 4 is 33.2 Å². The number of nitrogens with zero attached hydrogens (tertiary/aromatic N) is 1. The van der Waals surface area contributed by atoms with Crippen LogP contribution in [0.1, 0.15) is 29.3 Å². The van der Waals surface area contributed by atoms with Gasteiger partial charge in [0, 0.05) is 6.54 Å². The van der Waals surface area contributed by atoms with Crippen LogP contribution in [0, 0.1) is 0 Å². The Labute approximate surface area is 205 Å². The minimum atomic E-state index is -3.81. The van der Waals surface area contributed by atoms with Crippen molar-refractivity contribution in [2.45, 2.75) is 25.2 Å². The molecule has 2 N–H and O–H groups in total. The Hall–Kier alpha value is -3.85. The second-order valence-electron chi connectivity index (χ2n) is 8.14. The highest BCUT2D eigenvalue weighted by atomic mass is 32.2. The Morgan fingerprint density at radius 3 is 2.43 bits per heavy atom. The summed E-state index contributed by atoms with van der Waals surface area (Å²) in [5.41, 5.74) is 1.67. The maximum absolute atomic E-state index is 13.4. The maximum Gasteiger partial charge on any atom is 0.267 e. The lowest BCUT2D eigenvalue weighted by atomic mass is 10.1. The zero-order valence-corrected chi connectivity index (χ0v) is 20.1. The molecule has 1 atom stereocenters. The van der Waals surface area contributed by atoms with Crippen LogP contribution in [0.3, 0.4) is 0 Å². The lowest BCUT2D eigenvalue weighted by molar-refractivity contribution is -0.122. The topological polar surface area (TPSA) is 105 Å². The number of carbonyl (C=O) groups excluding carboxylic acids is 2. The molecule has 3 aromatic rings. The lowest BCUT2D eigenvalue weighted by Gasteiger charge is -2.34. The normalized spacial score (nSPS) is 15.0. The van der Waals surface area contributed by atoms with Gasteiger partial charge in [-0.2, -0.15) is 0 Å². The number of sulfonamides is 1. The summed E-state index contributed by atoms with van der Waals surface area (Å²) in [5, 5.41) is 5.54. The molecule has 0 spiro atoms. The van der Waals surface area contributed by atoms with Crippen LogP contribution in [0.15, 0.2) is 78.9 Å². The van der Waals surface area contributed by atoms with Crippen molar-refractivity contribution in [3.63, 3.8) is 0 Å². The highest BCUT2D eigenvalue weighted by Gasteiger charge is 2.37. The lowest BCUT2D eigenvalue weighted by Crippen LogP contribution is -2.49. The van der Waals surface area contributed by atoms with Gasteiger partial charge in [-0.15, -0.1) is 0 Å². The predicted molar refractivity (Wildman–Crippen MR) is 135 cm³/mol. The summed E-state index contributed by atoms with van der Waals surface area (Å²) in [5.74, 6) is -0.763. The van der Waals surface area contributed by atoms with Gasteiger partial charge in [0.15, 0.2) is 6.10 Å². The van der Waals surface area contributed by atoms with Crippen LogP contribution < -0.4 is 19.7 Å². The first-order valence-corrected chi connectivity index (χ1v) is 13.0. The minimum Gasteiger partial charge on any atom is -0.476 e. The van der Waals surface area contributed by atoms with E-state index in [1.165, 1.54) is 4.31 Å². The average Bonchev–Trinajstić information content (AvgIpc) is 2.87. The van der Waals surface area contributed by atoms with Gasteiger partial charge in [0.2, 0.25) is 10.0 Å². The molecule has 4 rings (SSSR count). The number of carbonyl (C=O) groups is 2. The molecular weight excluding hydrogens is 466 g/mol. The molecule has 3 aromatic carbocycles. The fourth-order valence-corrected chi connectivity index (χ4v) is 5.38. The summed E-state index contributed by atoms with van der Waals surface area (Å²) in [4.78, 5) is 25.7. The van der Waals surface area contributed by atoms with E-state index < -0.39 is 22.0 Å². The average molecular weight is 494 g/mol. The number of hydrogen-bond donors (Lipinski definition) is 2. The molecule has 9 heteroatoms. The molecule has 0 aliphatic carbocycles. The standard InChI is InChI=1S/C26H27N3O5S/c1-2-16-27-25(30)20-12-6-7-13-21(20)28-26(31)24-17-29(22-14-8-9-15-23(22)34-24)35(32,33)18-19-10-4-3-5-11-19/h3-15,24H,2,16-18H2,1H3,(H,27,30)(H,28,31). The zero-order chi connectivity index (χ0) is 24.8. The molecule has 1 unspecified atom stereocenters. The summed E-state index contributed by atoms with van der Waals surface area (Å²) >= 11 is 0. The van der Waals surface area contributed by atoms with E-state index in [9.17, 15) is 18.0 Å². The SMILES string of the molecule is CCCNC(=O)c1ccccc1NC(=O)C1CN(S(=O)(=O)Cc2ccccc2)c2ccccc2O1. The van der Waals surface area contributed by atoms with E-state index in [1.54, 1.807) is 72.8 Å². The number of nitrogens with one attached hydrogen (secondary N) is 2. The number of benzene rings is 3. The first-order chi connectivity index (χ1) is 16.9. The summed E-state index contributed by atoms with van der Waals surface area (Å²) in [7, 11) is -3.81. The Morgan fingerprint density at radius 2 is 1.66 bits per heavy atom. The van der Waals surface area contributed by atoms with Gasteiger partial charge >= 0.3 is 0 Å². The molecule has 0 saturated heterocycles. The number of anilines is 2. The smallest absolute Gasteiger partial charge is 0.267 e. The van der Waals surface area contributed by atoms with Crippen molar-refractivity contribution in [2.24, 2.45) is 0 Å². The Kier molecular flexibility index (Phi) is 7.36. The third-order valence-corrected chi connectivity index (χ3v) is 7.24. The van der Waals surface area contributed by atoms with Gasteiger partial charge in [-0.3, -0.25) is 13.9 Å². The van der Waals surface area contributed by atoms with E-state index in [0.29, 0.717) is 34.8 Å². The Bertz CT molecular complexity index is 1310. The quantitative estimate of drug-likeness (QED) is 0.499. The Balaban J connectivity index is 1.58. The molecule has 0 fully saturated rings. The molecule has 1 aliphatic rings. The van der Waals surface area contributed by atoms with Gasteiger partial charge in [-0.1, -0.05) is 61.5 Å². The van der Waals surface area contributed by atoms with Crippen LogP contribution in [0.2, 0.25) is 0 Å². The molecule has 1 heterocycles. The number of ether oxygens (including phenoxy) is 1. The fraction of sp³-hybridized carbons (Fsp3) is 0.231. The molecule has 1 aliphatic heterocycles. The number of hydrogen-bond acceptors (Lipinski definition) is 5. The first-order valence-electron chi connectivity index (χ1n) is 11.4. The van der Waals surface area contributed by atoms with Crippen molar-refractivity contribution in [1.29, 1.82) is 0 Å². The number of para-hydroxylation sites is 3. The fourth-order valence-electron chi connectivity index (χ4n) is 3.80. The second-order valence-corrected chi connectivity index (χ2v) is 10.0. The van der Waals surface area contributed by atoms with Crippen LogP contribution in [-0.2, 0) is 20.6 Å². The van der Waals surface area contributed by atoms with Crippen LogP contribution in [-0.4, -0.2) is 39.4 Å². The van der Waals surface area contributed by atoms with E-state index >= 15 is 0 Å². The maximum atomic E-state index is 13.4. The molecular formula is C26H27N3O5S. The van der Waals surface area contributed by atoms with Crippen LogP contribution in [0.25, 0.3) is 0 Å². The molecule has 8 nitrogen and oxygen atoms in total. The highest BCUT2D eigenvalue weighted by molar-refractivity contribution is 7.92. The summed E-state index contributed by atoms with van der Waals surface area (Å²) in [6.45, 7) is 2.27. The molecule has 0 aromatic heterocycles. The molecule has 0 radical (unpaired) electrons. The third kappa shape index (κ3) is 5.63. The van der Waals surface area contributed by atoms with E-state index in [2.05, 4.69) is 10.6 Å². The molecule has 0 saturated carbocycles. The van der Waals surface area contributed by atoms with Crippen molar-refractivity contribution in [2.75, 3.05) is 22.7 Å². The second kappa shape index (κ2) is 10.6. The number of amides is 2. The van der Waals surface area contributed by atoms with Gasteiger partial charge < -0.3 is 15.4 Å². The first kappa shape index (κ1) is 24.3. The van der Waals surface area contributed by atoms with E-state index in [0.717, 1.165) is 6.42 Å². The van der Waals surface area contributed by atoms with E-state index in [4.69, 9.17) is 4.74 Å². The van der Waals surface area contributed by atoms with Crippen molar-refractivity contribution in [1.82, 2.24) is 5.32 Å². The summed E-state index contributed by atoms with van der Waals surface area (Å²) in [6.07, 6.45) is -0.328. The molecule has 182 valence electrons. The monoisotopic (exact) mass is 493 g/mol. The van der Waals surface area contributed by atoms with E-state index in [1.807, 2.05) is 13.0 Å². The predicted octanol–water partition coefficient (Wildman–Crippen LogP) is 3.56.